The molecule has 1 aliphatic rings. The Hall–Kier alpha value is -1.01. The van der Waals surface area contributed by atoms with Crippen LogP contribution in [0.25, 0.3) is 0 Å². The molecule has 6 heteroatoms. The van der Waals surface area contributed by atoms with E-state index in [4.69, 9.17) is 5.11 Å². The number of hydrogen-bond acceptors (Lipinski definition) is 4. The summed E-state index contributed by atoms with van der Waals surface area (Å²) in [5, 5.41) is 13.4. The molecule has 0 aromatic rings. The molecule has 1 fully saturated rings. The first-order valence-electron chi connectivity index (χ1n) is 3.78. The lowest BCUT2D eigenvalue weighted by Crippen LogP contribution is -2.61. The summed E-state index contributed by atoms with van der Waals surface area (Å²) >= 11 is 4.62. The number of aliphatic hydroxyl groups excluding tert-OH is 1. The van der Waals surface area contributed by atoms with Gasteiger partial charge < -0.3 is 15.7 Å². The average molecular weight is 202 g/mol. The Kier molecular flexibility index (Phi) is 2.63. The fourth-order valence-electron chi connectivity index (χ4n) is 1.07. The topological polar surface area (TPSA) is 78.4 Å². The van der Waals surface area contributed by atoms with Crippen molar-refractivity contribution in [2.45, 2.75) is 13.3 Å². The quantitative estimate of drug-likeness (QED) is 0.392. The van der Waals surface area contributed by atoms with Gasteiger partial charge in [-0.25, -0.2) is 0 Å². The van der Waals surface area contributed by atoms with Crippen molar-refractivity contribution in [2.24, 2.45) is 5.41 Å². The highest BCUT2D eigenvalue weighted by Gasteiger charge is 2.44. The van der Waals surface area contributed by atoms with Gasteiger partial charge in [-0.3, -0.25) is 9.59 Å². The van der Waals surface area contributed by atoms with Crippen LogP contribution in [0.5, 0.6) is 0 Å². The fraction of sp³-hybridized carbons (Fsp3) is 0.571. The maximum Gasteiger partial charge on any atom is 0.241 e. The summed E-state index contributed by atoms with van der Waals surface area (Å²) in [6.07, 6.45) is 0.0906. The monoisotopic (exact) mass is 202 g/mol. The molecule has 1 rings (SSSR count). The Morgan fingerprint density at radius 3 is 2.23 bits per heavy atom. The molecule has 2 amide bonds. The van der Waals surface area contributed by atoms with Crippen LogP contribution in [-0.4, -0.2) is 28.6 Å². The number of carbonyl (C=O) groups is 2. The Labute approximate surface area is 80.5 Å². The van der Waals surface area contributed by atoms with E-state index in [1.165, 1.54) is 6.92 Å². The fourth-order valence-corrected chi connectivity index (χ4v) is 1.25. The molecule has 72 valence electrons. The molecule has 0 aliphatic carbocycles. The molecular formula is C7H10N2O3S. The highest BCUT2D eigenvalue weighted by molar-refractivity contribution is 7.80. The molecule has 1 aliphatic heterocycles. The van der Waals surface area contributed by atoms with E-state index in [1.807, 2.05) is 0 Å². The van der Waals surface area contributed by atoms with E-state index >= 15 is 0 Å². The van der Waals surface area contributed by atoms with Crippen molar-refractivity contribution in [2.75, 3.05) is 6.61 Å². The van der Waals surface area contributed by atoms with E-state index in [1.54, 1.807) is 0 Å². The Bertz CT molecular complexity index is 257. The third-order valence-electron chi connectivity index (χ3n) is 2.07. The van der Waals surface area contributed by atoms with Gasteiger partial charge in [-0.2, -0.15) is 0 Å². The van der Waals surface area contributed by atoms with Crippen LogP contribution in [0, 0.1) is 5.41 Å². The standard InChI is InChI=1S/C7H10N2O3S/c1-7(2-3-10)4(11)8-6(13)9-5(7)12/h10H,2-3H2,1H3,(H2,8,9,11,12,13). The normalized spacial score (nSPS) is 20.9. The predicted molar refractivity (Wildman–Crippen MR) is 48.7 cm³/mol. The molecule has 5 nitrogen and oxygen atoms in total. The van der Waals surface area contributed by atoms with Crippen molar-refractivity contribution >= 4 is 29.1 Å². The molecule has 1 heterocycles. The first-order valence-corrected chi connectivity index (χ1v) is 4.19. The van der Waals surface area contributed by atoms with Crippen LogP contribution in [0.4, 0.5) is 0 Å². The van der Waals surface area contributed by atoms with Crippen LogP contribution in [0.15, 0.2) is 0 Å². The minimum atomic E-state index is -1.21. The molecule has 13 heavy (non-hydrogen) atoms. The Morgan fingerprint density at radius 1 is 1.38 bits per heavy atom. The molecular weight excluding hydrogens is 192 g/mol. The molecule has 0 atom stereocenters. The smallest absolute Gasteiger partial charge is 0.241 e. The van der Waals surface area contributed by atoms with Crippen LogP contribution < -0.4 is 10.6 Å². The Morgan fingerprint density at radius 2 is 1.85 bits per heavy atom. The van der Waals surface area contributed by atoms with E-state index in [9.17, 15) is 9.59 Å². The van der Waals surface area contributed by atoms with Crippen molar-refractivity contribution in [1.82, 2.24) is 10.6 Å². The number of carbonyl (C=O) groups excluding carboxylic acids is 2. The van der Waals surface area contributed by atoms with Gasteiger partial charge in [0.05, 0.1) is 0 Å². The summed E-state index contributed by atoms with van der Waals surface area (Å²) in [5.41, 5.74) is -1.21. The van der Waals surface area contributed by atoms with E-state index in [2.05, 4.69) is 22.9 Å². The lowest BCUT2D eigenvalue weighted by molar-refractivity contribution is -0.143. The number of aliphatic hydroxyl groups is 1. The van der Waals surface area contributed by atoms with Gasteiger partial charge >= 0.3 is 0 Å². The van der Waals surface area contributed by atoms with Crippen molar-refractivity contribution in [3.05, 3.63) is 0 Å². The van der Waals surface area contributed by atoms with E-state index in [0.717, 1.165) is 0 Å². The lowest BCUT2D eigenvalue weighted by Gasteiger charge is -2.30. The van der Waals surface area contributed by atoms with Gasteiger partial charge in [-0.15, -0.1) is 0 Å². The largest absolute Gasteiger partial charge is 0.396 e. The van der Waals surface area contributed by atoms with E-state index < -0.39 is 17.2 Å². The summed E-state index contributed by atoms with van der Waals surface area (Å²) in [7, 11) is 0. The first-order chi connectivity index (χ1) is 6.00. The molecule has 0 unspecified atom stereocenters. The lowest BCUT2D eigenvalue weighted by atomic mass is 9.84. The van der Waals surface area contributed by atoms with Crippen LogP contribution in [0.1, 0.15) is 13.3 Å². The number of hydrogen-bond donors (Lipinski definition) is 3. The zero-order chi connectivity index (χ0) is 10.1. The second kappa shape index (κ2) is 3.39. The molecule has 3 N–H and O–H groups in total. The van der Waals surface area contributed by atoms with Gasteiger partial charge in [0.2, 0.25) is 11.8 Å². The molecule has 0 aromatic heterocycles. The number of thiocarbonyl (C=S) groups is 1. The average Bonchev–Trinajstić information content (AvgIpc) is 2.01. The maximum absolute atomic E-state index is 11.4. The Balaban J connectivity index is 2.89. The summed E-state index contributed by atoms with van der Waals surface area (Å²) in [6.45, 7) is 1.25. The summed E-state index contributed by atoms with van der Waals surface area (Å²) < 4.78 is 0. The first kappa shape index (κ1) is 10.1. The van der Waals surface area contributed by atoms with Gasteiger partial charge in [-0.1, -0.05) is 0 Å². The molecule has 0 bridgehead atoms. The van der Waals surface area contributed by atoms with Gasteiger partial charge in [0.15, 0.2) is 5.11 Å². The second-order valence-electron chi connectivity index (χ2n) is 3.04. The van der Waals surface area contributed by atoms with Crippen molar-refractivity contribution < 1.29 is 14.7 Å². The highest BCUT2D eigenvalue weighted by atomic mass is 32.1. The van der Waals surface area contributed by atoms with Crippen LogP contribution in [-0.2, 0) is 9.59 Å². The van der Waals surface area contributed by atoms with Gasteiger partial charge in [-0.05, 0) is 25.6 Å². The molecule has 0 radical (unpaired) electrons. The minimum absolute atomic E-state index is 0.0189. The zero-order valence-electron chi connectivity index (χ0n) is 7.09. The highest BCUT2D eigenvalue weighted by Crippen LogP contribution is 2.23. The minimum Gasteiger partial charge on any atom is -0.396 e. The number of rotatable bonds is 2. The van der Waals surface area contributed by atoms with Crippen molar-refractivity contribution in [3.63, 3.8) is 0 Å². The van der Waals surface area contributed by atoms with Gasteiger partial charge in [0.25, 0.3) is 0 Å². The molecule has 0 spiro atoms. The third kappa shape index (κ3) is 1.68. The van der Waals surface area contributed by atoms with Gasteiger partial charge in [0.1, 0.15) is 5.41 Å². The van der Waals surface area contributed by atoms with E-state index in [-0.39, 0.29) is 18.1 Å². The SMILES string of the molecule is CC1(CCO)C(=O)NC(=S)NC1=O. The second-order valence-corrected chi connectivity index (χ2v) is 3.45. The molecule has 0 saturated carbocycles. The van der Waals surface area contributed by atoms with Crippen molar-refractivity contribution in [3.8, 4) is 0 Å². The summed E-state index contributed by atoms with van der Waals surface area (Å²) in [4.78, 5) is 22.7. The maximum atomic E-state index is 11.4. The third-order valence-corrected chi connectivity index (χ3v) is 2.27. The van der Waals surface area contributed by atoms with Gasteiger partial charge in [0, 0.05) is 6.61 Å². The van der Waals surface area contributed by atoms with Crippen molar-refractivity contribution in [1.29, 1.82) is 0 Å². The van der Waals surface area contributed by atoms with Crippen LogP contribution in [0.3, 0.4) is 0 Å². The zero-order valence-corrected chi connectivity index (χ0v) is 7.90. The summed E-state index contributed by atoms with van der Waals surface area (Å²) in [5.74, 6) is -0.925. The van der Waals surface area contributed by atoms with Crippen LogP contribution >= 0.6 is 12.2 Å². The molecule has 0 aromatic carbocycles. The number of nitrogens with one attached hydrogen (secondary N) is 2. The molecule has 1 saturated heterocycles. The van der Waals surface area contributed by atoms with Crippen LogP contribution in [0.2, 0.25) is 0 Å². The number of amides is 2. The predicted octanol–water partition coefficient (Wildman–Crippen LogP) is -1.09. The van der Waals surface area contributed by atoms with E-state index in [0.29, 0.717) is 0 Å². The summed E-state index contributed by atoms with van der Waals surface area (Å²) in [6, 6.07) is 0.